The van der Waals surface area contributed by atoms with E-state index in [0.29, 0.717) is 10.8 Å². The predicted molar refractivity (Wildman–Crippen MR) is 79.6 cm³/mol. The highest BCUT2D eigenvalue weighted by molar-refractivity contribution is 6.30. The predicted octanol–water partition coefficient (Wildman–Crippen LogP) is 2.74. The Labute approximate surface area is 122 Å². The van der Waals surface area contributed by atoms with Gasteiger partial charge in [0.05, 0.1) is 10.7 Å². The van der Waals surface area contributed by atoms with Crippen molar-refractivity contribution in [1.29, 1.82) is 0 Å². The molecule has 0 unspecified atom stereocenters. The molecule has 0 radical (unpaired) electrons. The molecule has 5 nitrogen and oxygen atoms in total. The summed E-state index contributed by atoms with van der Waals surface area (Å²) in [5, 5.41) is 7.48. The fraction of sp³-hybridized carbons (Fsp3) is 0.214. The van der Waals surface area contributed by atoms with Crippen LogP contribution in [0, 0.1) is 13.8 Å². The van der Waals surface area contributed by atoms with Gasteiger partial charge in [0.25, 0.3) is 0 Å². The molecule has 0 aromatic carbocycles. The van der Waals surface area contributed by atoms with Crippen molar-refractivity contribution in [1.82, 2.24) is 14.8 Å². The first-order chi connectivity index (χ1) is 9.47. The molecule has 0 bridgehead atoms. The number of halogens is 1. The topological polar surface area (TPSA) is 59.8 Å². The molecule has 0 saturated heterocycles. The second-order valence-corrected chi connectivity index (χ2v) is 4.83. The first-order valence-electron chi connectivity index (χ1n) is 6.08. The van der Waals surface area contributed by atoms with Gasteiger partial charge in [-0.05, 0) is 32.1 Å². The Morgan fingerprint density at radius 3 is 2.70 bits per heavy atom. The Kier molecular flexibility index (Phi) is 4.20. The maximum absolute atomic E-state index is 11.8. The lowest BCUT2D eigenvalue weighted by molar-refractivity contribution is -0.111. The fourth-order valence-corrected chi connectivity index (χ4v) is 1.92. The monoisotopic (exact) mass is 290 g/mol. The van der Waals surface area contributed by atoms with Crippen LogP contribution in [0.3, 0.4) is 0 Å². The summed E-state index contributed by atoms with van der Waals surface area (Å²) in [7, 11) is 1.87. The van der Waals surface area contributed by atoms with E-state index in [1.54, 1.807) is 22.9 Å². The number of amides is 1. The molecule has 2 aromatic heterocycles. The van der Waals surface area contributed by atoms with Crippen molar-refractivity contribution in [2.75, 3.05) is 5.32 Å². The minimum atomic E-state index is -0.248. The van der Waals surface area contributed by atoms with Crippen LogP contribution in [0.4, 0.5) is 5.82 Å². The van der Waals surface area contributed by atoms with E-state index in [-0.39, 0.29) is 5.91 Å². The van der Waals surface area contributed by atoms with Crippen molar-refractivity contribution >= 4 is 29.4 Å². The summed E-state index contributed by atoms with van der Waals surface area (Å²) in [6.45, 7) is 3.86. The molecule has 0 fully saturated rings. The lowest BCUT2D eigenvalue weighted by Gasteiger charge is -2.00. The summed E-state index contributed by atoms with van der Waals surface area (Å²) in [5.41, 5.74) is 2.85. The van der Waals surface area contributed by atoms with Gasteiger partial charge in [0, 0.05) is 30.6 Å². The smallest absolute Gasteiger partial charge is 0.249 e. The number of carbonyl (C=O) groups is 1. The molecule has 1 amide bonds. The molecule has 0 spiro atoms. The number of anilines is 1. The van der Waals surface area contributed by atoms with Gasteiger partial charge in [0.15, 0.2) is 0 Å². The van der Waals surface area contributed by atoms with Gasteiger partial charge in [-0.2, -0.15) is 5.10 Å². The van der Waals surface area contributed by atoms with E-state index < -0.39 is 0 Å². The largest absolute Gasteiger partial charge is 0.307 e. The van der Waals surface area contributed by atoms with Crippen LogP contribution in [-0.2, 0) is 11.8 Å². The van der Waals surface area contributed by atoms with E-state index >= 15 is 0 Å². The zero-order valence-electron chi connectivity index (χ0n) is 11.5. The van der Waals surface area contributed by atoms with Gasteiger partial charge in [-0.25, -0.2) is 4.98 Å². The normalized spacial score (nSPS) is 11.0. The zero-order valence-corrected chi connectivity index (χ0v) is 12.3. The van der Waals surface area contributed by atoms with Crippen molar-refractivity contribution in [3.05, 3.63) is 46.4 Å². The van der Waals surface area contributed by atoms with Crippen LogP contribution in [0.5, 0.6) is 0 Å². The third-order valence-electron chi connectivity index (χ3n) is 2.95. The summed E-state index contributed by atoms with van der Waals surface area (Å²) in [6.07, 6.45) is 4.70. The molecule has 20 heavy (non-hydrogen) atoms. The van der Waals surface area contributed by atoms with Crippen LogP contribution in [0.1, 0.15) is 17.0 Å². The van der Waals surface area contributed by atoms with Crippen molar-refractivity contribution in [3.8, 4) is 0 Å². The van der Waals surface area contributed by atoms with E-state index in [4.69, 9.17) is 11.6 Å². The highest BCUT2D eigenvalue weighted by Gasteiger charge is 2.06. The molecule has 2 aromatic rings. The van der Waals surface area contributed by atoms with Crippen molar-refractivity contribution < 1.29 is 4.79 Å². The summed E-state index contributed by atoms with van der Waals surface area (Å²) in [6, 6.07) is 3.32. The summed E-state index contributed by atoms with van der Waals surface area (Å²) >= 11 is 5.73. The van der Waals surface area contributed by atoms with Gasteiger partial charge in [-0.3, -0.25) is 9.48 Å². The Bertz CT molecular complexity index is 659. The molecule has 6 heteroatoms. The second-order valence-electron chi connectivity index (χ2n) is 4.39. The Balaban J connectivity index is 2.07. The minimum Gasteiger partial charge on any atom is -0.307 e. The molecule has 0 atom stereocenters. The van der Waals surface area contributed by atoms with E-state index in [1.165, 1.54) is 12.3 Å². The molecule has 0 aliphatic heterocycles. The van der Waals surface area contributed by atoms with Gasteiger partial charge >= 0.3 is 0 Å². The van der Waals surface area contributed by atoms with E-state index in [2.05, 4.69) is 15.4 Å². The standard InChI is InChI=1S/C14H15ClN4O/c1-9-12(10(2)19(3)18-9)5-7-14(20)17-13-6-4-11(15)8-16-13/h4-8H,1-3H3,(H,16,17,20). The van der Waals surface area contributed by atoms with Gasteiger partial charge < -0.3 is 5.32 Å². The molecule has 1 N–H and O–H groups in total. The zero-order chi connectivity index (χ0) is 14.7. The number of rotatable bonds is 3. The first-order valence-corrected chi connectivity index (χ1v) is 6.46. The van der Waals surface area contributed by atoms with Crippen LogP contribution in [-0.4, -0.2) is 20.7 Å². The summed E-state index contributed by atoms with van der Waals surface area (Å²) < 4.78 is 1.79. The highest BCUT2D eigenvalue weighted by Crippen LogP contribution is 2.14. The number of aryl methyl sites for hydroxylation is 2. The number of pyridine rings is 1. The number of carbonyl (C=O) groups excluding carboxylic acids is 1. The molecule has 0 saturated carbocycles. The van der Waals surface area contributed by atoms with Gasteiger partial charge in [0.2, 0.25) is 5.91 Å². The molecule has 2 rings (SSSR count). The maximum atomic E-state index is 11.8. The Morgan fingerprint density at radius 2 is 2.15 bits per heavy atom. The second kappa shape index (κ2) is 5.88. The molecular formula is C14H15ClN4O. The maximum Gasteiger partial charge on any atom is 0.249 e. The summed E-state index contributed by atoms with van der Waals surface area (Å²) in [5.74, 6) is 0.214. The van der Waals surface area contributed by atoms with E-state index in [1.807, 2.05) is 20.9 Å². The Hall–Kier alpha value is -2.14. The average molecular weight is 291 g/mol. The molecule has 2 heterocycles. The third-order valence-corrected chi connectivity index (χ3v) is 3.17. The van der Waals surface area contributed by atoms with Crippen LogP contribution >= 0.6 is 11.6 Å². The van der Waals surface area contributed by atoms with Crippen LogP contribution in [0.15, 0.2) is 24.4 Å². The lowest BCUT2D eigenvalue weighted by Crippen LogP contribution is -2.08. The quantitative estimate of drug-likeness (QED) is 0.884. The molecular weight excluding hydrogens is 276 g/mol. The van der Waals surface area contributed by atoms with Gasteiger partial charge in [-0.1, -0.05) is 11.6 Å². The van der Waals surface area contributed by atoms with Crippen LogP contribution in [0.2, 0.25) is 5.02 Å². The van der Waals surface area contributed by atoms with Crippen LogP contribution in [0.25, 0.3) is 6.08 Å². The SMILES string of the molecule is Cc1nn(C)c(C)c1C=CC(=O)Nc1ccc(Cl)cn1. The van der Waals surface area contributed by atoms with Crippen molar-refractivity contribution in [2.45, 2.75) is 13.8 Å². The number of aromatic nitrogens is 3. The van der Waals surface area contributed by atoms with Gasteiger partial charge in [-0.15, -0.1) is 0 Å². The van der Waals surface area contributed by atoms with E-state index in [0.717, 1.165) is 17.0 Å². The number of hydrogen-bond acceptors (Lipinski definition) is 3. The lowest BCUT2D eigenvalue weighted by atomic mass is 10.2. The minimum absolute atomic E-state index is 0.248. The van der Waals surface area contributed by atoms with Crippen LogP contribution < -0.4 is 5.32 Å². The molecule has 0 aliphatic rings. The average Bonchev–Trinajstić information content (AvgIpc) is 2.64. The number of hydrogen-bond donors (Lipinski definition) is 1. The van der Waals surface area contributed by atoms with Crippen molar-refractivity contribution in [2.24, 2.45) is 7.05 Å². The summed E-state index contributed by atoms with van der Waals surface area (Å²) in [4.78, 5) is 15.8. The third kappa shape index (κ3) is 3.24. The molecule has 0 aliphatic carbocycles. The number of nitrogens with one attached hydrogen (secondary N) is 1. The molecule has 104 valence electrons. The van der Waals surface area contributed by atoms with Crippen molar-refractivity contribution in [3.63, 3.8) is 0 Å². The fourth-order valence-electron chi connectivity index (χ4n) is 1.81. The first kappa shape index (κ1) is 14.3. The van der Waals surface area contributed by atoms with E-state index in [9.17, 15) is 4.79 Å². The number of nitrogens with zero attached hydrogens (tertiary/aromatic N) is 3. The Morgan fingerprint density at radius 1 is 1.40 bits per heavy atom. The van der Waals surface area contributed by atoms with Gasteiger partial charge in [0.1, 0.15) is 5.82 Å². The highest BCUT2D eigenvalue weighted by atomic mass is 35.5.